The Hall–Kier alpha value is -2.09. The molecule has 0 atom stereocenters. The van der Waals surface area contributed by atoms with Crippen molar-refractivity contribution in [1.82, 2.24) is 9.71 Å². The van der Waals surface area contributed by atoms with Crippen molar-refractivity contribution in [1.29, 1.82) is 0 Å². The van der Waals surface area contributed by atoms with Gasteiger partial charge < -0.3 is 4.42 Å². The van der Waals surface area contributed by atoms with E-state index in [2.05, 4.69) is 9.71 Å². The van der Waals surface area contributed by atoms with Crippen LogP contribution in [0.1, 0.15) is 5.56 Å². The van der Waals surface area contributed by atoms with Gasteiger partial charge in [0.2, 0.25) is 10.0 Å². The van der Waals surface area contributed by atoms with Crippen LogP contribution in [0.5, 0.6) is 0 Å². The fourth-order valence-corrected chi connectivity index (χ4v) is 3.34. The van der Waals surface area contributed by atoms with Gasteiger partial charge in [0.1, 0.15) is 0 Å². The largest absolute Gasteiger partial charge is 0.417 e. The van der Waals surface area contributed by atoms with Crippen LogP contribution in [0.3, 0.4) is 0 Å². The zero-order valence-corrected chi connectivity index (χ0v) is 13.4. The molecule has 0 fully saturated rings. The third-order valence-corrected chi connectivity index (χ3v) is 5.04. The van der Waals surface area contributed by atoms with E-state index in [1.807, 2.05) is 0 Å². The van der Waals surface area contributed by atoms with Gasteiger partial charge in [0, 0.05) is 11.6 Å². The van der Waals surface area contributed by atoms with E-state index in [1.165, 1.54) is 24.3 Å². The summed E-state index contributed by atoms with van der Waals surface area (Å²) in [6.45, 7) is 0.235. The average molecular weight is 353 g/mol. The Balaban J connectivity index is 1.67. The van der Waals surface area contributed by atoms with Crippen LogP contribution in [0.4, 0.5) is 0 Å². The predicted octanol–water partition coefficient (Wildman–Crippen LogP) is 2.30. The van der Waals surface area contributed by atoms with Crippen LogP contribution in [0.25, 0.3) is 11.1 Å². The van der Waals surface area contributed by atoms with E-state index in [4.69, 9.17) is 16.0 Å². The van der Waals surface area contributed by atoms with Crippen molar-refractivity contribution in [2.24, 2.45) is 0 Å². The van der Waals surface area contributed by atoms with Gasteiger partial charge in [-0.25, -0.2) is 17.9 Å². The zero-order chi connectivity index (χ0) is 16.4. The lowest BCUT2D eigenvalue weighted by atomic mass is 10.1. The second kappa shape index (κ2) is 6.19. The van der Waals surface area contributed by atoms with Crippen LogP contribution in [-0.4, -0.2) is 19.9 Å². The van der Waals surface area contributed by atoms with Crippen LogP contribution in [0, 0.1) is 0 Å². The lowest BCUT2D eigenvalue weighted by molar-refractivity contribution is 0.555. The molecule has 0 bridgehead atoms. The number of halogens is 1. The second-order valence-electron chi connectivity index (χ2n) is 4.95. The molecular weight excluding hydrogens is 340 g/mol. The summed E-state index contributed by atoms with van der Waals surface area (Å²) in [6, 6.07) is 11.2. The van der Waals surface area contributed by atoms with Crippen LogP contribution < -0.4 is 10.5 Å². The minimum absolute atomic E-state index is 0.163. The van der Waals surface area contributed by atoms with Crippen LogP contribution in [0.15, 0.2) is 56.6 Å². The molecule has 0 aliphatic carbocycles. The van der Waals surface area contributed by atoms with Gasteiger partial charge >= 0.3 is 5.76 Å². The number of benzene rings is 2. The molecule has 8 heteroatoms. The monoisotopic (exact) mass is 352 g/mol. The summed E-state index contributed by atoms with van der Waals surface area (Å²) in [5, 5.41) is 0.478. The number of sulfonamides is 1. The number of fused-ring (bicyclic) bond motifs is 1. The first-order valence-corrected chi connectivity index (χ1v) is 8.67. The highest BCUT2D eigenvalue weighted by Gasteiger charge is 2.13. The van der Waals surface area contributed by atoms with E-state index in [0.29, 0.717) is 22.5 Å². The molecule has 0 saturated heterocycles. The normalized spacial score (nSPS) is 11.9. The van der Waals surface area contributed by atoms with Crippen molar-refractivity contribution in [2.75, 3.05) is 6.54 Å². The fraction of sp³-hybridized carbons (Fsp3) is 0.133. The number of nitrogens with one attached hydrogen (secondary N) is 2. The Kier molecular flexibility index (Phi) is 4.25. The summed E-state index contributed by atoms with van der Waals surface area (Å²) >= 11 is 5.75. The smallest absolute Gasteiger partial charge is 0.408 e. The lowest BCUT2D eigenvalue weighted by Gasteiger charge is -2.07. The molecule has 23 heavy (non-hydrogen) atoms. The summed E-state index contributed by atoms with van der Waals surface area (Å²) in [7, 11) is -3.57. The average Bonchev–Trinajstić information content (AvgIpc) is 2.87. The number of H-pyrrole nitrogens is 1. The molecule has 120 valence electrons. The Bertz CT molecular complexity index is 990. The summed E-state index contributed by atoms with van der Waals surface area (Å²) < 4.78 is 31.7. The number of aromatic amines is 1. The minimum atomic E-state index is -3.57. The molecule has 1 aromatic heterocycles. The molecule has 6 nitrogen and oxygen atoms in total. The summed E-state index contributed by atoms with van der Waals surface area (Å²) in [5.41, 5.74) is 1.95. The van der Waals surface area contributed by atoms with Gasteiger partial charge in [0.15, 0.2) is 5.58 Å². The molecular formula is C15H13ClN2O4S. The molecule has 0 spiro atoms. The third kappa shape index (κ3) is 3.64. The molecule has 0 aliphatic rings. The van der Waals surface area contributed by atoms with Gasteiger partial charge in [0.25, 0.3) is 0 Å². The van der Waals surface area contributed by atoms with Crippen LogP contribution in [-0.2, 0) is 16.4 Å². The lowest BCUT2D eigenvalue weighted by Crippen LogP contribution is -2.25. The van der Waals surface area contributed by atoms with Gasteiger partial charge in [-0.3, -0.25) is 4.98 Å². The highest BCUT2D eigenvalue weighted by molar-refractivity contribution is 7.89. The molecule has 2 aromatic carbocycles. The van der Waals surface area contributed by atoms with Gasteiger partial charge in [-0.05, 0) is 48.4 Å². The topological polar surface area (TPSA) is 92.2 Å². The number of rotatable bonds is 5. The van der Waals surface area contributed by atoms with Gasteiger partial charge in [-0.1, -0.05) is 17.7 Å². The second-order valence-corrected chi connectivity index (χ2v) is 7.15. The van der Waals surface area contributed by atoms with Crippen LogP contribution >= 0.6 is 11.6 Å². The first-order valence-electron chi connectivity index (χ1n) is 6.81. The molecule has 0 unspecified atom stereocenters. The fourth-order valence-electron chi connectivity index (χ4n) is 2.18. The van der Waals surface area contributed by atoms with Gasteiger partial charge in [-0.2, -0.15) is 0 Å². The van der Waals surface area contributed by atoms with Crippen molar-refractivity contribution in [3.05, 3.63) is 63.6 Å². The number of hydrogen-bond donors (Lipinski definition) is 2. The Morgan fingerprint density at radius 3 is 2.61 bits per heavy atom. The molecule has 0 saturated carbocycles. The van der Waals surface area contributed by atoms with E-state index >= 15 is 0 Å². The van der Waals surface area contributed by atoms with Crippen molar-refractivity contribution in [2.45, 2.75) is 11.3 Å². The van der Waals surface area contributed by atoms with Crippen molar-refractivity contribution < 1.29 is 12.8 Å². The first-order chi connectivity index (χ1) is 10.9. The SMILES string of the molecule is O=c1[nH]c2cc(CCNS(=O)(=O)c3ccc(Cl)cc3)ccc2o1. The van der Waals surface area contributed by atoms with Crippen LogP contribution in [0.2, 0.25) is 5.02 Å². The van der Waals surface area contributed by atoms with E-state index in [1.54, 1.807) is 18.2 Å². The van der Waals surface area contributed by atoms with E-state index in [-0.39, 0.29) is 11.4 Å². The summed E-state index contributed by atoms with van der Waals surface area (Å²) in [5.74, 6) is -0.513. The van der Waals surface area contributed by atoms with Crippen molar-refractivity contribution in [3.63, 3.8) is 0 Å². The maximum absolute atomic E-state index is 12.1. The highest BCUT2D eigenvalue weighted by atomic mass is 35.5. The number of oxazole rings is 1. The molecule has 3 rings (SSSR count). The van der Waals surface area contributed by atoms with E-state index in [0.717, 1.165) is 5.56 Å². The quantitative estimate of drug-likeness (QED) is 0.737. The molecule has 0 aliphatic heterocycles. The predicted molar refractivity (Wildman–Crippen MR) is 87.2 cm³/mol. The maximum atomic E-state index is 12.1. The molecule has 0 radical (unpaired) electrons. The molecule has 0 amide bonds. The third-order valence-electron chi connectivity index (χ3n) is 3.31. The maximum Gasteiger partial charge on any atom is 0.417 e. The van der Waals surface area contributed by atoms with E-state index in [9.17, 15) is 13.2 Å². The highest BCUT2D eigenvalue weighted by Crippen LogP contribution is 2.15. The van der Waals surface area contributed by atoms with Crippen molar-refractivity contribution >= 4 is 32.7 Å². The number of hydrogen-bond acceptors (Lipinski definition) is 4. The molecule has 2 N–H and O–H groups in total. The Labute approximate surface area is 137 Å². The Morgan fingerprint density at radius 1 is 1.13 bits per heavy atom. The van der Waals surface area contributed by atoms with Crippen molar-refractivity contribution in [3.8, 4) is 0 Å². The molecule has 1 heterocycles. The minimum Gasteiger partial charge on any atom is -0.408 e. The van der Waals surface area contributed by atoms with Gasteiger partial charge in [-0.15, -0.1) is 0 Å². The molecule has 3 aromatic rings. The summed E-state index contributed by atoms with van der Waals surface area (Å²) in [4.78, 5) is 13.8. The van der Waals surface area contributed by atoms with E-state index < -0.39 is 15.8 Å². The number of aromatic nitrogens is 1. The Morgan fingerprint density at radius 2 is 1.87 bits per heavy atom. The first kappa shape index (κ1) is 15.8. The zero-order valence-electron chi connectivity index (χ0n) is 11.9. The van der Waals surface area contributed by atoms with Gasteiger partial charge in [0.05, 0.1) is 10.4 Å². The summed E-state index contributed by atoms with van der Waals surface area (Å²) in [6.07, 6.45) is 0.482. The standard InChI is InChI=1S/C15H13ClN2O4S/c16-11-2-4-12(5-3-11)23(20,21)17-8-7-10-1-6-14-13(9-10)18-15(19)22-14/h1-6,9,17H,7-8H2,(H,18,19).